The summed E-state index contributed by atoms with van der Waals surface area (Å²) >= 11 is 0. The molecule has 0 bridgehead atoms. The molecule has 2 aromatic rings. The topological polar surface area (TPSA) is 64.2 Å². The zero-order chi connectivity index (χ0) is 15.5. The Bertz CT molecular complexity index is 709. The van der Waals surface area contributed by atoms with Crippen LogP contribution in [0.3, 0.4) is 0 Å². The third kappa shape index (κ3) is 2.84. The minimum absolute atomic E-state index is 0.190. The molecule has 0 spiro atoms. The second-order valence-corrected chi connectivity index (χ2v) is 5.77. The van der Waals surface area contributed by atoms with Crippen molar-refractivity contribution in [3.8, 4) is 11.1 Å². The molecule has 3 rings (SSSR count). The lowest BCUT2D eigenvalue weighted by Gasteiger charge is -2.22. The summed E-state index contributed by atoms with van der Waals surface area (Å²) in [6.45, 7) is 0. The van der Waals surface area contributed by atoms with Gasteiger partial charge in [-0.2, -0.15) is 0 Å². The van der Waals surface area contributed by atoms with Gasteiger partial charge in [-0.05, 0) is 18.4 Å². The van der Waals surface area contributed by atoms with E-state index >= 15 is 0 Å². The first kappa shape index (κ1) is 14.6. The van der Waals surface area contributed by atoms with Gasteiger partial charge in [0.2, 0.25) is 0 Å². The summed E-state index contributed by atoms with van der Waals surface area (Å²) < 4.78 is 6.38. The highest BCUT2D eigenvalue weighted by atomic mass is 16.5. The van der Waals surface area contributed by atoms with Crippen molar-refractivity contribution in [1.29, 1.82) is 0 Å². The van der Waals surface area contributed by atoms with Crippen molar-refractivity contribution in [3.05, 3.63) is 46.4 Å². The number of rotatable bonds is 3. The summed E-state index contributed by atoms with van der Waals surface area (Å²) in [7, 11) is 1.59. The maximum absolute atomic E-state index is 12.6. The Morgan fingerprint density at radius 1 is 1.18 bits per heavy atom. The molecule has 1 saturated carbocycles. The maximum atomic E-state index is 12.6. The molecule has 0 aliphatic heterocycles. The van der Waals surface area contributed by atoms with E-state index in [0.717, 1.165) is 25.7 Å². The van der Waals surface area contributed by atoms with Crippen LogP contribution in [-0.2, 0) is 7.05 Å². The van der Waals surface area contributed by atoms with Gasteiger partial charge in [-0.25, -0.2) is 9.53 Å². The van der Waals surface area contributed by atoms with Crippen molar-refractivity contribution >= 4 is 5.91 Å². The first-order chi connectivity index (χ1) is 10.7. The Labute approximate surface area is 128 Å². The van der Waals surface area contributed by atoms with E-state index in [9.17, 15) is 9.59 Å². The zero-order valence-corrected chi connectivity index (χ0v) is 12.7. The molecule has 1 aliphatic rings. The van der Waals surface area contributed by atoms with Gasteiger partial charge in [0, 0.05) is 13.1 Å². The van der Waals surface area contributed by atoms with Crippen LogP contribution in [0.4, 0.5) is 0 Å². The number of hydrogen-bond acceptors (Lipinski definition) is 3. The fraction of sp³-hybridized carbons (Fsp3) is 0.412. The summed E-state index contributed by atoms with van der Waals surface area (Å²) in [5.41, 5.74) is 0.839. The van der Waals surface area contributed by atoms with Crippen LogP contribution in [0.1, 0.15) is 42.6 Å². The van der Waals surface area contributed by atoms with Gasteiger partial charge in [-0.1, -0.05) is 49.6 Å². The van der Waals surface area contributed by atoms with Gasteiger partial charge in [0.15, 0.2) is 5.69 Å². The molecule has 0 unspecified atom stereocenters. The van der Waals surface area contributed by atoms with E-state index in [2.05, 4.69) is 5.32 Å². The van der Waals surface area contributed by atoms with Crippen molar-refractivity contribution in [2.24, 2.45) is 7.05 Å². The average Bonchev–Trinajstić information content (AvgIpc) is 2.83. The monoisotopic (exact) mass is 300 g/mol. The van der Waals surface area contributed by atoms with Crippen molar-refractivity contribution < 1.29 is 9.32 Å². The molecular weight excluding hydrogens is 280 g/mol. The molecule has 5 heteroatoms. The summed E-state index contributed by atoms with van der Waals surface area (Å²) in [4.78, 5) is 24.7. The quantitative estimate of drug-likeness (QED) is 0.948. The first-order valence-corrected chi connectivity index (χ1v) is 7.73. The van der Waals surface area contributed by atoms with E-state index < -0.39 is 5.63 Å². The zero-order valence-electron chi connectivity index (χ0n) is 12.7. The average molecular weight is 300 g/mol. The summed E-state index contributed by atoms with van der Waals surface area (Å²) in [5.74, 6) is -0.237. The first-order valence-electron chi connectivity index (χ1n) is 7.73. The summed E-state index contributed by atoms with van der Waals surface area (Å²) in [6, 6.07) is 9.35. The second kappa shape index (κ2) is 6.22. The van der Waals surface area contributed by atoms with Crippen molar-refractivity contribution in [1.82, 2.24) is 10.1 Å². The number of carbonyl (C=O) groups is 1. The van der Waals surface area contributed by atoms with Gasteiger partial charge >= 0.3 is 5.63 Å². The van der Waals surface area contributed by atoms with Crippen LogP contribution in [0, 0.1) is 0 Å². The standard InChI is InChI=1S/C17H20N2O3/c1-19-15(16(20)18-13-10-6-3-7-11-13)14(17(21)22-19)12-8-4-2-5-9-12/h2,4-5,8-9,13H,3,6-7,10-11H2,1H3,(H,18,20). The highest BCUT2D eigenvalue weighted by molar-refractivity contribution is 5.99. The molecule has 1 N–H and O–H groups in total. The van der Waals surface area contributed by atoms with Gasteiger partial charge in [-0.15, -0.1) is 0 Å². The number of nitrogens with one attached hydrogen (secondary N) is 1. The molecule has 116 valence electrons. The van der Waals surface area contributed by atoms with Crippen molar-refractivity contribution in [2.45, 2.75) is 38.1 Å². The van der Waals surface area contributed by atoms with E-state index in [1.165, 1.54) is 11.2 Å². The predicted molar refractivity (Wildman–Crippen MR) is 83.7 cm³/mol. The van der Waals surface area contributed by atoms with E-state index in [1.807, 2.05) is 30.3 Å². The van der Waals surface area contributed by atoms with Crippen LogP contribution < -0.4 is 10.9 Å². The maximum Gasteiger partial charge on any atom is 0.366 e. The molecule has 1 aromatic carbocycles. The third-order valence-electron chi connectivity index (χ3n) is 4.19. The van der Waals surface area contributed by atoms with Gasteiger partial charge in [-0.3, -0.25) is 4.79 Å². The fourth-order valence-corrected chi connectivity index (χ4v) is 3.09. The minimum Gasteiger partial charge on any atom is -0.348 e. The highest BCUT2D eigenvalue weighted by Crippen LogP contribution is 2.22. The number of nitrogens with zero attached hydrogens (tertiary/aromatic N) is 1. The molecule has 0 saturated heterocycles. The SMILES string of the molecule is Cn1oc(=O)c(-c2ccccc2)c1C(=O)NC1CCCCC1. The number of hydrogen-bond donors (Lipinski definition) is 1. The molecule has 1 amide bonds. The predicted octanol–water partition coefficient (Wildman–Crippen LogP) is 2.71. The van der Waals surface area contributed by atoms with Crippen LogP contribution >= 0.6 is 0 Å². The molecule has 22 heavy (non-hydrogen) atoms. The summed E-state index contributed by atoms with van der Waals surface area (Å²) in [6.07, 6.45) is 5.50. The molecular formula is C17H20N2O3. The molecule has 5 nitrogen and oxygen atoms in total. The Hall–Kier alpha value is -2.30. The fourth-order valence-electron chi connectivity index (χ4n) is 3.09. The lowest BCUT2D eigenvalue weighted by molar-refractivity contribution is 0.0907. The lowest BCUT2D eigenvalue weighted by atomic mass is 9.95. The smallest absolute Gasteiger partial charge is 0.348 e. The van der Waals surface area contributed by atoms with E-state index in [0.29, 0.717) is 16.8 Å². The Balaban J connectivity index is 1.93. The number of aromatic nitrogens is 1. The molecule has 0 atom stereocenters. The van der Waals surface area contributed by atoms with Crippen LogP contribution in [-0.4, -0.2) is 16.7 Å². The van der Waals surface area contributed by atoms with E-state index in [1.54, 1.807) is 7.05 Å². The van der Waals surface area contributed by atoms with E-state index in [-0.39, 0.29) is 11.9 Å². The largest absolute Gasteiger partial charge is 0.366 e. The van der Waals surface area contributed by atoms with Gasteiger partial charge < -0.3 is 9.84 Å². The number of amides is 1. The normalized spacial score (nSPS) is 15.7. The lowest BCUT2D eigenvalue weighted by Crippen LogP contribution is -2.37. The molecule has 0 radical (unpaired) electrons. The van der Waals surface area contributed by atoms with Crippen molar-refractivity contribution in [2.75, 3.05) is 0 Å². The minimum atomic E-state index is -0.484. The Kier molecular flexibility index (Phi) is 4.13. The molecule has 1 aliphatic carbocycles. The highest BCUT2D eigenvalue weighted by Gasteiger charge is 2.25. The van der Waals surface area contributed by atoms with Gasteiger partial charge in [0.25, 0.3) is 5.91 Å². The van der Waals surface area contributed by atoms with Gasteiger partial charge in [0.05, 0.1) is 0 Å². The Morgan fingerprint density at radius 3 is 2.55 bits per heavy atom. The van der Waals surface area contributed by atoms with E-state index in [4.69, 9.17) is 4.52 Å². The molecule has 1 fully saturated rings. The number of aryl methyl sites for hydroxylation is 1. The molecule has 1 aromatic heterocycles. The summed E-state index contributed by atoms with van der Waals surface area (Å²) in [5, 5.41) is 3.04. The van der Waals surface area contributed by atoms with Crippen LogP contribution in [0.5, 0.6) is 0 Å². The third-order valence-corrected chi connectivity index (χ3v) is 4.19. The van der Waals surface area contributed by atoms with Gasteiger partial charge in [0.1, 0.15) is 5.56 Å². The van der Waals surface area contributed by atoms with Crippen LogP contribution in [0.25, 0.3) is 11.1 Å². The second-order valence-electron chi connectivity index (χ2n) is 5.77. The van der Waals surface area contributed by atoms with Crippen molar-refractivity contribution in [3.63, 3.8) is 0 Å². The van der Waals surface area contributed by atoms with Crippen LogP contribution in [0.15, 0.2) is 39.6 Å². The molecule has 1 heterocycles. The van der Waals surface area contributed by atoms with Crippen LogP contribution in [0.2, 0.25) is 0 Å². The number of benzene rings is 1. The number of carbonyl (C=O) groups excluding carboxylic acids is 1. The Morgan fingerprint density at radius 2 is 1.86 bits per heavy atom.